The van der Waals surface area contributed by atoms with Crippen LogP contribution in [0.3, 0.4) is 0 Å². The number of thiazole rings is 1. The third-order valence-corrected chi connectivity index (χ3v) is 4.80. The average molecular weight is 406 g/mol. The minimum Gasteiger partial charge on any atom is -0.491 e. The van der Waals surface area contributed by atoms with Crippen LogP contribution in [0.25, 0.3) is 0 Å². The maximum absolute atomic E-state index is 10.5. The van der Waals surface area contributed by atoms with Gasteiger partial charge in [-0.15, -0.1) is 11.3 Å². The molecule has 0 fully saturated rings. The Morgan fingerprint density at radius 1 is 1.32 bits per heavy atom. The summed E-state index contributed by atoms with van der Waals surface area (Å²) in [5.74, 6) is 1.41. The summed E-state index contributed by atoms with van der Waals surface area (Å²) in [6.45, 7) is 7.53. The second-order valence-electron chi connectivity index (χ2n) is 6.85. The average Bonchev–Trinajstić information content (AvgIpc) is 3.13. The maximum Gasteiger partial charge on any atom is 0.191 e. The molecule has 0 amide bonds. The maximum atomic E-state index is 10.5. The normalized spacial score (nSPS) is 12.8. The molecule has 0 aliphatic heterocycles. The van der Waals surface area contributed by atoms with E-state index in [2.05, 4.69) is 20.6 Å². The molecule has 0 aliphatic carbocycles. The SMILES string of the molecule is CCNC(=NCc1csc(N(C)C)n1)NCC(O)c1cccc(OC(C)C)c1. The van der Waals surface area contributed by atoms with Crippen molar-refractivity contribution in [3.8, 4) is 5.75 Å². The number of hydrogen-bond donors (Lipinski definition) is 3. The van der Waals surface area contributed by atoms with E-state index in [4.69, 9.17) is 4.74 Å². The van der Waals surface area contributed by atoms with Gasteiger partial charge >= 0.3 is 0 Å². The van der Waals surface area contributed by atoms with Gasteiger partial charge in [0, 0.05) is 32.6 Å². The van der Waals surface area contributed by atoms with E-state index >= 15 is 0 Å². The van der Waals surface area contributed by atoms with Gasteiger partial charge < -0.3 is 25.4 Å². The Kier molecular flexibility index (Phi) is 8.53. The zero-order valence-corrected chi connectivity index (χ0v) is 18.1. The van der Waals surface area contributed by atoms with Crippen LogP contribution in [0.4, 0.5) is 5.13 Å². The third-order valence-electron chi connectivity index (χ3n) is 3.74. The predicted molar refractivity (Wildman–Crippen MR) is 116 cm³/mol. The molecule has 8 heteroatoms. The van der Waals surface area contributed by atoms with Crippen LogP contribution in [0.2, 0.25) is 0 Å². The topological polar surface area (TPSA) is 82.0 Å². The van der Waals surface area contributed by atoms with Crippen molar-refractivity contribution < 1.29 is 9.84 Å². The number of rotatable bonds is 9. The van der Waals surface area contributed by atoms with Gasteiger partial charge in [0.25, 0.3) is 0 Å². The summed E-state index contributed by atoms with van der Waals surface area (Å²) >= 11 is 1.60. The van der Waals surface area contributed by atoms with Gasteiger partial charge in [0.1, 0.15) is 5.75 Å². The number of guanidine groups is 1. The van der Waals surface area contributed by atoms with Crippen LogP contribution in [0.1, 0.15) is 38.1 Å². The number of aliphatic imine (C=N–C) groups is 1. The molecular formula is C20H31N5O2S. The van der Waals surface area contributed by atoms with Gasteiger partial charge in [-0.25, -0.2) is 9.98 Å². The molecule has 0 spiro atoms. The van der Waals surface area contributed by atoms with Crippen LogP contribution in [0, 0.1) is 0 Å². The third kappa shape index (κ3) is 7.01. The number of nitrogens with one attached hydrogen (secondary N) is 2. The first-order chi connectivity index (χ1) is 13.4. The number of benzene rings is 1. The molecular weight excluding hydrogens is 374 g/mol. The summed E-state index contributed by atoms with van der Waals surface area (Å²) in [5, 5.41) is 19.9. The van der Waals surface area contributed by atoms with E-state index < -0.39 is 6.10 Å². The lowest BCUT2D eigenvalue weighted by Gasteiger charge is -2.17. The Hall–Kier alpha value is -2.32. The van der Waals surface area contributed by atoms with Crippen LogP contribution < -0.4 is 20.3 Å². The van der Waals surface area contributed by atoms with Crippen molar-refractivity contribution in [1.82, 2.24) is 15.6 Å². The van der Waals surface area contributed by atoms with Crippen molar-refractivity contribution in [1.29, 1.82) is 0 Å². The Morgan fingerprint density at radius 2 is 2.11 bits per heavy atom. The van der Waals surface area contributed by atoms with Gasteiger partial charge in [0.05, 0.1) is 24.4 Å². The fourth-order valence-corrected chi connectivity index (χ4v) is 3.20. The first-order valence-electron chi connectivity index (χ1n) is 9.47. The fraction of sp³-hybridized carbons (Fsp3) is 0.500. The van der Waals surface area contributed by atoms with Crippen LogP contribution in [0.15, 0.2) is 34.6 Å². The molecule has 7 nitrogen and oxygen atoms in total. The molecule has 28 heavy (non-hydrogen) atoms. The monoisotopic (exact) mass is 405 g/mol. The van der Waals surface area contributed by atoms with E-state index in [-0.39, 0.29) is 6.10 Å². The fourth-order valence-electron chi connectivity index (χ4n) is 2.45. The molecule has 0 saturated carbocycles. The van der Waals surface area contributed by atoms with Gasteiger partial charge in [0.2, 0.25) is 0 Å². The first-order valence-corrected chi connectivity index (χ1v) is 10.4. The van der Waals surface area contributed by atoms with Crippen molar-refractivity contribution in [2.45, 2.75) is 39.5 Å². The molecule has 1 aromatic heterocycles. The Bertz CT molecular complexity index is 761. The minimum absolute atomic E-state index is 0.0942. The highest BCUT2D eigenvalue weighted by Gasteiger charge is 2.10. The number of aliphatic hydroxyl groups is 1. The number of aromatic nitrogens is 1. The molecule has 154 valence electrons. The molecule has 2 aromatic rings. The van der Waals surface area contributed by atoms with E-state index in [1.807, 2.05) is 69.4 Å². The zero-order valence-electron chi connectivity index (χ0n) is 17.3. The molecule has 0 saturated heterocycles. The lowest BCUT2D eigenvalue weighted by Crippen LogP contribution is -2.39. The van der Waals surface area contributed by atoms with Crippen molar-refractivity contribution in [2.75, 3.05) is 32.1 Å². The van der Waals surface area contributed by atoms with E-state index in [9.17, 15) is 5.11 Å². The zero-order chi connectivity index (χ0) is 20.5. The second-order valence-corrected chi connectivity index (χ2v) is 7.68. The van der Waals surface area contributed by atoms with Crippen molar-refractivity contribution in [3.05, 3.63) is 40.9 Å². The highest BCUT2D eigenvalue weighted by molar-refractivity contribution is 7.13. The van der Waals surface area contributed by atoms with Crippen molar-refractivity contribution >= 4 is 22.4 Å². The Labute approximate surface area is 171 Å². The van der Waals surface area contributed by atoms with Gasteiger partial charge in [-0.1, -0.05) is 12.1 Å². The molecule has 0 radical (unpaired) electrons. The standard InChI is InChI=1S/C20H31N5O2S/c1-6-21-19(22-11-16-13-28-20(24-16)25(4)5)23-12-18(26)15-8-7-9-17(10-15)27-14(2)3/h7-10,13-14,18,26H,6,11-12H2,1-5H3,(H2,21,22,23). The summed E-state index contributed by atoms with van der Waals surface area (Å²) in [4.78, 5) is 11.1. The van der Waals surface area contributed by atoms with Gasteiger partial charge in [-0.3, -0.25) is 0 Å². The highest BCUT2D eigenvalue weighted by Crippen LogP contribution is 2.20. The van der Waals surface area contributed by atoms with E-state index in [1.165, 1.54) is 0 Å². The highest BCUT2D eigenvalue weighted by atomic mass is 32.1. The second kappa shape index (κ2) is 10.9. The minimum atomic E-state index is -0.667. The summed E-state index contributed by atoms with van der Waals surface area (Å²) in [5.41, 5.74) is 1.72. The van der Waals surface area contributed by atoms with Crippen molar-refractivity contribution in [2.24, 2.45) is 4.99 Å². The molecule has 2 rings (SSSR count). The summed E-state index contributed by atoms with van der Waals surface area (Å²) < 4.78 is 5.70. The lowest BCUT2D eigenvalue weighted by molar-refractivity contribution is 0.179. The Balaban J connectivity index is 1.95. The molecule has 1 aromatic carbocycles. The Morgan fingerprint density at radius 3 is 2.75 bits per heavy atom. The van der Waals surface area contributed by atoms with Crippen LogP contribution >= 0.6 is 11.3 Å². The quantitative estimate of drug-likeness (QED) is 0.440. The number of ether oxygens (including phenoxy) is 1. The van der Waals surface area contributed by atoms with Gasteiger partial charge in [0.15, 0.2) is 11.1 Å². The molecule has 0 bridgehead atoms. The van der Waals surface area contributed by atoms with E-state index in [0.717, 1.165) is 28.7 Å². The van der Waals surface area contributed by atoms with Gasteiger partial charge in [-0.2, -0.15) is 0 Å². The molecule has 1 heterocycles. The molecule has 1 unspecified atom stereocenters. The largest absolute Gasteiger partial charge is 0.491 e. The van der Waals surface area contributed by atoms with Crippen LogP contribution in [-0.2, 0) is 6.54 Å². The van der Waals surface area contributed by atoms with E-state index in [0.29, 0.717) is 19.0 Å². The van der Waals surface area contributed by atoms with E-state index in [1.54, 1.807) is 11.3 Å². The smallest absolute Gasteiger partial charge is 0.191 e. The molecule has 3 N–H and O–H groups in total. The number of aliphatic hydroxyl groups excluding tert-OH is 1. The summed E-state index contributed by atoms with van der Waals surface area (Å²) in [7, 11) is 3.94. The van der Waals surface area contributed by atoms with Crippen LogP contribution in [-0.4, -0.2) is 49.3 Å². The summed E-state index contributed by atoms with van der Waals surface area (Å²) in [6, 6.07) is 7.54. The van der Waals surface area contributed by atoms with Crippen molar-refractivity contribution in [3.63, 3.8) is 0 Å². The first kappa shape index (κ1) is 22.0. The molecule has 0 aliphatic rings. The summed E-state index contributed by atoms with van der Waals surface area (Å²) in [6.07, 6.45) is -0.573. The number of anilines is 1. The lowest BCUT2D eigenvalue weighted by atomic mass is 10.1. The number of nitrogens with zero attached hydrogens (tertiary/aromatic N) is 3. The predicted octanol–water partition coefficient (Wildman–Crippen LogP) is 2.79. The molecule has 1 atom stereocenters. The number of hydrogen-bond acceptors (Lipinski definition) is 6. The van der Waals surface area contributed by atoms with Gasteiger partial charge in [-0.05, 0) is 38.5 Å². The van der Waals surface area contributed by atoms with Crippen LogP contribution in [0.5, 0.6) is 5.75 Å².